The van der Waals surface area contributed by atoms with Gasteiger partial charge in [0.05, 0.1) is 6.61 Å². The average Bonchev–Trinajstić information content (AvgIpc) is 2.47. The number of hydrogen-bond donors (Lipinski definition) is 1. The Morgan fingerprint density at radius 2 is 2.05 bits per heavy atom. The molecule has 0 bridgehead atoms. The van der Waals surface area contributed by atoms with Crippen molar-refractivity contribution in [2.75, 3.05) is 11.9 Å². The van der Waals surface area contributed by atoms with Gasteiger partial charge in [-0.05, 0) is 50.2 Å². The van der Waals surface area contributed by atoms with Crippen molar-refractivity contribution < 1.29 is 9.13 Å². The van der Waals surface area contributed by atoms with Gasteiger partial charge in [-0.3, -0.25) is 0 Å². The Morgan fingerprint density at radius 3 is 2.65 bits per heavy atom. The molecule has 1 aromatic rings. The molecule has 20 heavy (non-hydrogen) atoms. The van der Waals surface area contributed by atoms with Gasteiger partial charge in [-0.2, -0.15) is 0 Å². The molecule has 0 aromatic heterocycles. The van der Waals surface area contributed by atoms with Crippen LogP contribution < -0.4 is 10.1 Å². The molecule has 0 amide bonds. The zero-order valence-electron chi connectivity index (χ0n) is 12.3. The zero-order valence-corrected chi connectivity index (χ0v) is 12.3. The summed E-state index contributed by atoms with van der Waals surface area (Å²) in [5.74, 6) is 0.0768. The molecule has 110 valence electrons. The van der Waals surface area contributed by atoms with E-state index in [0.29, 0.717) is 23.8 Å². The Morgan fingerprint density at radius 1 is 1.25 bits per heavy atom. The van der Waals surface area contributed by atoms with Crippen LogP contribution in [0, 0.1) is 11.2 Å². The number of anilines is 1. The number of ether oxygens (including phenoxy) is 1. The van der Waals surface area contributed by atoms with E-state index in [1.54, 1.807) is 12.1 Å². The molecule has 2 nitrogen and oxygen atoms in total. The molecule has 2 aliphatic rings. The van der Waals surface area contributed by atoms with Crippen molar-refractivity contribution in [3.8, 4) is 5.75 Å². The molecule has 1 N–H and O–H groups in total. The summed E-state index contributed by atoms with van der Waals surface area (Å²) < 4.78 is 19.1. The van der Waals surface area contributed by atoms with Gasteiger partial charge in [0, 0.05) is 17.8 Å². The maximum Gasteiger partial charge on any atom is 0.167 e. The van der Waals surface area contributed by atoms with E-state index in [-0.39, 0.29) is 5.82 Å². The Labute approximate surface area is 120 Å². The molecule has 3 rings (SSSR count). The number of benzene rings is 1. The molecule has 0 radical (unpaired) electrons. The van der Waals surface area contributed by atoms with E-state index >= 15 is 0 Å². The third-order valence-corrected chi connectivity index (χ3v) is 5.09. The number of hydrogen-bond acceptors (Lipinski definition) is 2. The highest BCUT2D eigenvalue weighted by atomic mass is 19.1. The zero-order chi connectivity index (χ0) is 14.0. The van der Waals surface area contributed by atoms with Gasteiger partial charge in [0.2, 0.25) is 0 Å². The van der Waals surface area contributed by atoms with Crippen molar-refractivity contribution in [2.24, 2.45) is 5.41 Å². The van der Waals surface area contributed by atoms with Gasteiger partial charge < -0.3 is 10.1 Å². The highest BCUT2D eigenvalue weighted by Crippen LogP contribution is 2.52. The summed E-state index contributed by atoms with van der Waals surface area (Å²) in [6.07, 6.45) is 9.32. The Kier molecular flexibility index (Phi) is 3.86. The molecule has 2 saturated carbocycles. The van der Waals surface area contributed by atoms with Gasteiger partial charge in [0.15, 0.2) is 11.6 Å². The van der Waals surface area contributed by atoms with Gasteiger partial charge in [0.25, 0.3) is 0 Å². The van der Waals surface area contributed by atoms with Crippen LogP contribution in [0.3, 0.4) is 0 Å². The molecule has 3 heteroatoms. The van der Waals surface area contributed by atoms with E-state index in [0.717, 1.165) is 5.69 Å². The first-order chi connectivity index (χ1) is 9.73. The fraction of sp³-hybridized carbons (Fsp3) is 0.647. The van der Waals surface area contributed by atoms with E-state index in [1.165, 1.54) is 44.9 Å². The Bertz CT molecular complexity index is 468. The van der Waals surface area contributed by atoms with Crippen molar-refractivity contribution in [1.29, 1.82) is 0 Å². The molecule has 0 aliphatic heterocycles. The van der Waals surface area contributed by atoms with Crippen LogP contribution in [0.15, 0.2) is 18.2 Å². The van der Waals surface area contributed by atoms with Crippen LogP contribution in [0.5, 0.6) is 5.75 Å². The standard InChI is InChI=1S/C17H24FNO/c1-2-20-15-7-6-13(12-14(15)18)19-16-8-11-17(16)9-4-3-5-10-17/h6-7,12,16,19H,2-5,8-11H2,1H3. The van der Waals surface area contributed by atoms with Crippen LogP contribution in [0.1, 0.15) is 51.9 Å². The minimum absolute atomic E-state index is 0.270. The van der Waals surface area contributed by atoms with E-state index in [2.05, 4.69) is 5.32 Å². The van der Waals surface area contributed by atoms with E-state index in [4.69, 9.17) is 4.74 Å². The normalized spacial score (nSPS) is 24.2. The SMILES string of the molecule is CCOc1ccc(NC2CCC23CCCCC3)cc1F. The summed E-state index contributed by atoms with van der Waals surface area (Å²) in [5, 5.41) is 3.55. The molecular formula is C17H24FNO. The van der Waals surface area contributed by atoms with Crippen molar-refractivity contribution in [3.63, 3.8) is 0 Å². The van der Waals surface area contributed by atoms with E-state index < -0.39 is 0 Å². The predicted octanol–water partition coefficient (Wildman–Crippen LogP) is 4.75. The molecule has 1 atom stereocenters. The highest BCUT2D eigenvalue weighted by molar-refractivity contribution is 5.49. The lowest BCUT2D eigenvalue weighted by Gasteiger charge is -2.52. The second-order valence-corrected chi connectivity index (χ2v) is 6.24. The number of halogens is 1. The lowest BCUT2D eigenvalue weighted by atomic mass is 9.57. The third-order valence-electron chi connectivity index (χ3n) is 5.09. The van der Waals surface area contributed by atoms with Crippen LogP contribution in [0.2, 0.25) is 0 Å². The molecule has 0 heterocycles. The van der Waals surface area contributed by atoms with E-state index in [1.807, 2.05) is 13.0 Å². The fourth-order valence-corrected chi connectivity index (χ4v) is 3.84. The molecule has 2 fully saturated rings. The van der Waals surface area contributed by atoms with Crippen LogP contribution in [-0.2, 0) is 0 Å². The summed E-state index contributed by atoms with van der Waals surface area (Å²) >= 11 is 0. The Balaban J connectivity index is 1.67. The van der Waals surface area contributed by atoms with Gasteiger partial charge in [-0.15, -0.1) is 0 Å². The number of nitrogens with one attached hydrogen (secondary N) is 1. The maximum atomic E-state index is 13.9. The summed E-state index contributed by atoms with van der Waals surface area (Å²) in [4.78, 5) is 0. The lowest BCUT2D eigenvalue weighted by Crippen LogP contribution is -2.50. The van der Waals surface area contributed by atoms with Gasteiger partial charge in [-0.1, -0.05) is 19.3 Å². The first-order valence-corrected chi connectivity index (χ1v) is 7.92. The van der Waals surface area contributed by atoms with Crippen LogP contribution in [-0.4, -0.2) is 12.6 Å². The van der Waals surface area contributed by atoms with Crippen molar-refractivity contribution in [2.45, 2.75) is 57.9 Å². The highest BCUT2D eigenvalue weighted by Gasteiger charge is 2.46. The first kappa shape index (κ1) is 13.7. The molecule has 1 aromatic carbocycles. The summed E-state index contributed by atoms with van der Waals surface area (Å²) in [5.41, 5.74) is 1.38. The van der Waals surface area contributed by atoms with Crippen molar-refractivity contribution in [3.05, 3.63) is 24.0 Å². The summed E-state index contributed by atoms with van der Waals surface area (Å²) in [6, 6.07) is 5.76. The number of rotatable bonds is 4. The topological polar surface area (TPSA) is 21.3 Å². The molecule has 1 unspecified atom stereocenters. The predicted molar refractivity (Wildman–Crippen MR) is 79.7 cm³/mol. The molecule has 0 saturated heterocycles. The van der Waals surface area contributed by atoms with Crippen LogP contribution in [0.25, 0.3) is 0 Å². The van der Waals surface area contributed by atoms with E-state index in [9.17, 15) is 4.39 Å². The van der Waals surface area contributed by atoms with Gasteiger partial charge in [-0.25, -0.2) is 4.39 Å². The third kappa shape index (κ3) is 2.50. The van der Waals surface area contributed by atoms with Gasteiger partial charge in [0.1, 0.15) is 0 Å². The van der Waals surface area contributed by atoms with Crippen LogP contribution >= 0.6 is 0 Å². The molecular weight excluding hydrogens is 253 g/mol. The monoisotopic (exact) mass is 277 g/mol. The maximum absolute atomic E-state index is 13.9. The smallest absolute Gasteiger partial charge is 0.167 e. The first-order valence-electron chi connectivity index (χ1n) is 7.92. The molecule has 2 aliphatic carbocycles. The lowest BCUT2D eigenvalue weighted by molar-refractivity contribution is 0.0571. The largest absolute Gasteiger partial charge is 0.491 e. The van der Waals surface area contributed by atoms with Crippen LogP contribution in [0.4, 0.5) is 10.1 Å². The van der Waals surface area contributed by atoms with Gasteiger partial charge >= 0.3 is 0 Å². The second-order valence-electron chi connectivity index (χ2n) is 6.24. The summed E-state index contributed by atoms with van der Waals surface area (Å²) in [6.45, 7) is 2.36. The van der Waals surface area contributed by atoms with Crippen molar-refractivity contribution >= 4 is 5.69 Å². The Hall–Kier alpha value is -1.25. The average molecular weight is 277 g/mol. The molecule has 1 spiro atoms. The fourth-order valence-electron chi connectivity index (χ4n) is 3.84. The second kappa shape index (κ2) is 5.63. The van der Waals surface area contributed by atoms with Crippen molar-refractivity contribution in [1.82, 2.24) is 0 Å². The minimum Gasteiger partial charge on any atom is -0.491 e. The quantitative estimate of drug-likeness (QED) is 0.857. The summed E-state index contributed by atoms with van der Waals surface area (Å²) in [7, 11) is 0. The minimum atomic E-state index is -0.270.